The van der Waals surface area contributed by atoms with Crippen LogP contribution in [-0.4, -0.2) is 25.3 Å². The molecule has 2 heterocycles. The Bertz CT molecular complexity index is 653. The van der Waals surface area contributed by atoms with Crippen molar-refractivity contribution >= 4 is 0 Å². The summed E-state index contributed by atoms with van der Waals surface area (Å²) in [6.45, 7) is 1.41. The maximum atomic E-state index is 5.51. The van der Waals surface area contributed by atoms with Gasteiger partial charge in [0.1, 0.15) is 0 Å². The van der Waals surface area contributed by atoms with Gasteiger partial charge in [0, 0.05) is 6.54 Å². The van der Waals surface area contributed by atoms with Crippen molar-refractivity contribution in [2.75, 3.05) is 20.4 Å². The average molecular weight is 267 g/mol. The molecule has 0 saturated heterocycles. The third-order valence-electron chi connectivity index (χ3n) is 4.24. The van der Waals surface area contributed by atoms with Gasteiger partial charge in [-0.25, -0.2) is 0 Å². The van der Waals surface area contributed by atoms with E-state index in [1.807, 2.05) is 6.07 Å². The highest BCUT2D eigenvalue weighted by Crippen LogP contribution is 2.39. The highest BCUT2D eigenvalue weighted by Gasteiger charge is 2.27. The molecule has 20 heavy (non-hydrogen) atoms. The summed E-state index contributed by atoms with van der Waals surface area (Å²) in [4.78, 5) is 2.40. The zero-order valence-corrected chi connectivity index (χ0v) is 11.5. The standard InChI is InChI=1S/C17H17NO2/c1-18-9-8-12-4-2-3-5-14(12)17(18)13-6-7-15-16(10-13)20-11-19-15/h2-7,10,17H,8-9,11H2,1H3. The molecule has 3 heteroatoms. The van der Waals surface area contributed by atoms with E-state index in [1.54, 1.807) is 0 Å². The van der Waals surface area contributed by atoms with Gasteiger partial charge in [0.2, 0.25) is 6.79 Å². The molecule has 1 atom stereocenters. The summed E-state index contributed by atoms with van der Waals surface area (Å²) in [6, 6.07) is 15.3. The second-order valence-corrected chi connectivity index (χ2v) is 5.44. The van der Waals surface area contributed by atoms with Crippen molar-refractivity contribution in [2.24, 2.45) is 0 Å². The molecule has 0 aromatic heterocycles. The van der Waals surface area contributed by atoms with Crippen LogP contribution in [0.1, 0.15) is 22.7 Å². The van der Waals surface area contributed by atoms with E-state index in [0.29, 0.717) is 12.8 Å². The molecule has 2 aliphatic rings. The molecule has 0 fully saturated rings. The fraction of sp³-hybridized carbons (Fsp3) is 0.294. The number of ether oxygens (including phenoxy) is 2. The van der Waals surface area contributed by atoms with Gasteiger partial charge in [-0.1, -0.05) is 30.3 Å². The first-order valence-electron chi connectivity index (χ1n) is 7.00. The Hall–Kier alpha value is -2.00. The minimum Gasteiger partial charge on any atom is -0.454 e. The fourth-order valence-corrected chi connectivity index (χ4v) is 3.21. The van der Waals surface area contributed by atoms with Crippen molar-refractivity contribution in [1.29, 1.82) is 0 Å². The van der Waals surface area contributed by atoms with E-state index in [-0.39, 0.29) is 0 Å². The molecule has 0 spiro atoms. The van der Waals surface area contributed by atoms with Crippen molar-refractivity contribution in [2.45, 2.75) is 12.5 Å². The second-order valence-electron chi connectivity index (χ2n) is 5.44. The first-order chi connectivity index (χ1) is 9.83. The molecule has 0 aliphatic carbocycles. The highest BCUT2D eigenvalue weighted by molar-refractivity contribution is 5.48. The second kappa shape index (κ2) is 4.53. The molecule has 2 aromatic carbocycles. The zero-order valence-electron chi connectivity index (χ0n) is 11.5. The van der Waals surface area contributed by atoms with Crippen molar-refractivity contribution in [1.82, 2.24) is 4.90 Å². The Labute approximate surface area is 118 Å². The summed E-state index contributed by atoms with van der Waals surface area (Å²) in [5.74, 6) is 1.71. The average Bonchev–Trinajstić information content (AvgIpc) is 2.94. The van der Waals surface area contributed by atoms with Gasteiger partial charge in [0.15, 0.2) is 11.5 Å². The van der Waals surface area contributed by atoms with Crippen LogP contribution in [0, 0.1) is 0 Å². The van der Waals surface area contributed by atoms with Gasteiger partial charge in [-0.3, -0.25) is 4.90 Å². The minimum atomic E-state index is 0.300. The number of rotatable bonds is 1. The van der Waals surface area contributed by atoms with Gasteiger partial charge in [0.05, 0.1) is 6.04 Å². The van der Waals surface area contributed by atoms with Gasteiger partial charge < -0.3 is 9.47 Å². The molecular formula is C17H17NO2. The lowest BCUT2D eigenvalue weighted by Gasteiger charge is -2.35. The summed E-state index contributed by atoms with van der Waals surface area (Å²) in [5, 5.41) is 0. The van der Waals surface area contributed by atoms with Crippen molar-refractivity contribution < 1.29 is 9.47 Å². The summed E-state index contributed by atoms with van der Waals surface area (Å²) in [7, 11) is 2.19. The van der Waals surface area contributed by atoms with Crippen LogP contribution in [0.5, 0.6) is 11.5 Å². The van der Waals surface area contributed by atoms with E-state index in [9.17, 15) is 0 Å². The predicted octanol–water partition coefficient (Wildman–Crippen LogP) is 2.99. The number of likely N-dealkylation sites (N-methyl/N-ethyl adjacent to an activating group) is 1. The van der Waals surface area contributed by atoms with Crippen LogP contribution < -0.4 is 9.47 Å². The SMILES string of the molecule is CN1CCc2ccccc2C1c1ccc2c(c1)OCO2. The number of hydrogen-bond donors (Lipinski definition) is 0. The quantitative estimate of drug-likeness (QED) is 0.793. The van der Waals surface area contributed by atoms with Crippen molar-refractivity contribution in [3.8, 4) is 11.5 Å². The maximum absolute atomic E-state index is 5.51. The lowest BCUT2D eigenvalue weighted by molar-refractivity contribution is 0.174. The number of hydrogen-bond acceptors (Lipinski definition) is 3. The Kier molecular flexibility index (Phi) is 2.67. The lowest BCUT2D eigenvalue weighted by atomic mass is 9.88. The minimum absolute atomic E-state index is 0.300. The Morgan fingerprint density at radius 2 is 1.90 bits per heavy atom. The van der Waals surface area contributed by atoms with Crippen LogP contribution in [-0.2, 0) is 6.42 Å². The Balaban J connectivity index is 1.81. The van der Waals surface area contributed by atoms with Gasteiger partial charge in [0.25, 0.3) is 0 Å². The zero-order chi connectivity index (χ0) is 13.5. The lowest BCUT2D eigenvalue weighted by Crippen LogP contribution is -2.32. The van der Waals surface area contributed by atoms with E-state index in [1.165, 1.54) is 16.7 Å². The normalized spacial score (nSPS) is 20.8. The molecule has 0 saturated carbocycles. The van der Waals surface area contributed by atoms with Gasteiger partial charge in [-0.2, -0.15) is 0 Å². The van der Waals surface area contributed by atoms with Crippen LogP contribution in [0.15, 0.2) is 42.5 Å². The van der Waals surface area contributed by atoms with Gasteiger partial charge in [-0.05, 0) is 42.3 Å². The van der Waals surface area contributed by atoms with E-state index in [0.717, 1.165) is 24.5 Å². The number of benzene rings is 2. The molecule has 1 unspecified atom stereocenters. The first kappa shape index (κ1) is 11.8. The Morgan fingerprint density at radius 3 is 2.85 bits per heavy atom. The van der Waals surface area contributed by atoms with E-state index in [4.69, 9.17) is 9.47 Å². The molecule has 0 N–H and O–H groups in total. The summed E-state index contributed by atoms with van der Waals surface area (Å²) < 4.78 is 10.9. The molecule has 2 aliphatic heterocycles. The van der Waals surface area contributed by atoms with Gasteiger partial charge >= 0.3 is 0 Å². The molecular weight excluding hydrogens is 250 g/mol. The molecule has 3 nitrogen and oxygen atoms in total. The summed E-state index contributed by atoms with van der Waals surface area (Å²) >= 11 is 0. The fourth-order valence-electron chi connectivity index (χ4n) is 3.21. The number of fused-ring (bicyclic) bond motifs is 2. The first-order valence-corrected chi connectivity index (χ1v) is 7.00. The third kappa shape index (κ3) is 1.78. The molecule has 2 aromatic rings. The summed E-state index contributed by atoms with van der Waals surface area (Å²) in [6.07, 6.45) is 1.12. The monoisotopic (exact) mass is 267 g/mol. The third-order valence-corrected chi connectivity index (χ3v) is 4.24. The smallest absolute Gasteiger partial charge is 0.231 e. The van der Waals surface area contributed by atoms with Crippen LogP contribution in [0.2, 0.25) is 0 Å². The number of nitrogens with zero attached hydrogens (tertiary/aromatic N) is 1. The van der Waals surface area contributed by atoms with Crippen LogP contribution >= 0.6 is 0 Å². The van der Waals surface area contributed by atoms with Crippen molar-refractivity contribution in [3.05, 3.63) is 59.2 Å². The molecule has 4 rings (SSSR count). The molecule has 102 valence electrons. The van der Waals surface area contributed by atoms with E-state index in [2.05, 4.69) is 48.3 Å². The topological polar surface area (TPSA) is 21.7 Å². The highest BCUT2D eigenvalue weighted by atomic mass is 16.7. The maximum Gasteiger partial charge on any atom is 0.231 e. The van der Waals surface area contributed by atoms with Gasteiger partial charge in [-0.15, -0.1) is 0 Å². The summed E-state index contributed by atoms with van der Waals surface area (Å²) in [5.41, 5.74) is 4.12. The van der Waals surface area contributed by atoms with E-state index >= 15 is 0 Å². The van der Waals surface area contributed by atoms with Crippen LogP contribution in [0.4, 0.5) is 0 Å². The largest absolute Gasteiger partial charge is 0.454 e. The molecule has 0 amide bonds. The predicted molar refractivity (Wildman–Crippen MR) is 77.2 cm³/mol. The molecule has 0 bridgehead atoms. The van der Waals surface area contributed by atoms with Crippen LogP contribution in [0.25, 0.3) is 0 Å². The Morgan fingerprint density at radius 1 is 1.05 bits per heavy atom. The molecule has 0 radical (unpaired) electrons. The van der Waals surface area contributed by atoms with Crippen molar-refractivity contribution in [3.63, 3.8) is 0 Å². The van der Waals surface area contributed by atoms with Crippen LogP contribution in [0.3, 0.4) is 0 Å². The van der Waals surface area contributed by atoms with E-state index < -0.39 is 0 Å².